The maximum Gasteiger partial charge on any atom is 0.416 e. The number of benzene rings is 1. The first kappa shape index (κ1) is 21.3. The van der Waals surface area contributed by atoms with Gasteiger partial charge in [0.15, 0.2) is 0 Å². The molecule has 10 heteroatoms. The molecule has 7 nitrogen and oxygen atoms in total. The summed E-state index contributed by atoms with van der Waals surface area (Å²) in [6, 6.07) is 7.56. The average Bonchev–Trinajstić information content (AvgIpc) is 2.79. The van der Waals surface area contributed by atoms with E-state index in [1.807, 2.05) is 0 Å². The number of carbonyl (C=O) groups is 2. The molecule has 0 atom stereocenters. The third kappa shape index (κ3) is 4.13. The lowest BCUT2D eigenvalue weighted by atomic mass is 10.1. The number of anilines is 3. The molecule has 1 aliphatic rings. The highest BCUT2D eigenvalue weighted by molar-refractivity contribution is 6.32. The summed E-state index contributed by atoms with van der Waals surface area (Å²) in [4.78, 5) is 32.5. The number of amides is 2. The van der Waals surface area contributed by atoms with Gasteiger partial charge < -0.3 is 15.0 Å². The lowest BCUT2D eigenvalue weighted by Gasteiger charge is -2.24. The molecule has 1 aromatic carbocycles. The van der Waals surface area contributed by atoms with Gasteiger partial charge in [0.25, 0.3) is 11.8 Å². The first-order chi connectivity index (χ1) is 14.3. The predicted octanol–water partition coefficient (Wildman–Crippen LogP) is 2.86. The second-order valence-corrected chi connectivity index (χ2v) is 6.40. The van der Waals surface area contributed by atoms with Crippen molar-refractivity contribution in [3.8, 4) is 0 Å². The van der Waals surface area contributed by atoms with Crippen molar-refractivity contribution in [1.29, 1.82) is 0 Å². The van der Waals surface area contributed by atoms with Crippen LogP contribution in [-0.2, 0) is 20.5 Å². The van der Waals surface area contributed by atoms with Crippen molar-refractivity contribution in [3.63, 3.8) is 0 Å². The first-order valence-corrected chi connectivity index (χ1v) is 8.93. The number of nitrogens with zero attached hydrogens (tertiary/aromatic N) is 3. The van der Waals surface area contributed by atoms with Crippen molar-refractivity contribution < 1.29 is 27.5 Å². The summed E-state index contributed by atoms with van der Waals surface area (Å²) in [7, 11) is 2.90. The van der Waals surface area contributed by atoms with Gasteiger partial charge in [0.1, 0.15) is 11.4 Å². The molecule has 0 saturated heterocycles. The van der Waals surface area contributed by atoms with Gasteiger partial charge in [0.05, 0.1) is 23.5 Å². The van der Waals surface area contributed by atoms with E-state index in [4.69, 9.17) is 4.74 Å². The largest absolute Gasteiger partial charge is 0.416 e. The molecule has 2 heterocycles. The van der Waals surface area contributed by atoms with Crippen LogP contribution in [0.5, 0.6) is 0 Å². The van der Waals surface area contributed by atoms with Gasteiger partial charge in [-0.05, 0) is 30.3 Å². The summed E-state index contributed by atoms with van der Waals surface area (Å²) in [6.07, 6.45) is -1.97. The Labute approximate surface area is 170 Å². The highest BCUT2D eigenvalue weighted by Crippen LogP contribution is 2.41. The molecule has 0 aliphatic carbocycles. The third-order valence-corrected chi connectivity index (χ3v) is 4.45. The van der Waals surface area contributed by atoms with Gasteiger partial charge in [-0.15, -0.1) is 0 Å². The zero-order valence-electron chi connectivity index (χ0n) is 16.2. The maximum atomic E-state index is 13.3. The van der Waals surface area contributed by atoms with E-state index >= 15 is 0 Å². The lowest BCUT2D eigenvalue weighted by Crippen LogP contribution is -2.33. The van der Waals surface area contributed by atoms with Crippen molar-refractivity contribution in [2.24, 2.45) is 0 Å². The Morgan fingerprint density at radius 1 is 1.13 bits per heavy atom. The van der Waals surface area contributed by atoms with Crippen molar-refractivity contribution in [1.82, 2.24) is 10.3 Å². The van der Waals surface area contributed by atoms with E-state index in [9.17, 15) is 22.8 Å². The molecule has 0 unspecified atom stereocenters. The summed E-state index contributed by atoms with van der Waals surface area (Å²) in [6.45, 7) is 0.667. The summed E-state index contributed by atoms with van der Waals surface area (Å²) in [5.41, 5.74) is -1.14. The van der Waals surface area contributed by atoms with Crippen LogP contribution in [0.2, 0.25) is 0 Å². The van der Waals surface area contributed by atoms with Crippen LogP contribution in [0.25, 0.3) is 0 Å². The zero-order chi connectivity index (χ0) is 21.9. The molecular formula is C20H19F3N4O3. The minimum absolute atomic E-state index is 0.0916. The molecule has 1 aliphatic heterocycles. The van der Waals surface area contributed by atoms with Gasteiger partial charge in [-0.1, -0.05) is 6.07 Å². The molecule has 0 fully saturated rings. The third-order valence-electron chi connectivity index (χ3n) is 4.45. The standard InChI is InChI=1S/C20H19F3N4O3/c1-26-15-7-6-13(20(21,22)23)11-16(15)27(17-5-3-4-8-25-17)19(29)14(18(26)28)12-24-9-10-30-2/h3-8,11-12,24H,9-10H2,1-2H3/b14-12-. The number of fused-ring (bicyclic) bond motifs is 1. The molecule has 1 aromatic heterocycles. The molecule has 3 rings (SSSR count). The van der Waals surface area contributed by atoms with Crippen molar-refractivity contribution in [3.05, 3.63) is 59.9 Å². The number of alkyl halides is 3. The van der Waals surface area contributed by atoms with Crippen LogP contribution >= 0.6 is 0 Å². The number of methoxy groups -OCH3 is 1. The van der Waals surface area contributed by atoms with Crippen LogP contribution in [0.4, 0.5) is 30.4 Å². The first-order valence-electron chi connectivity index (χ1n) is 8.93. The topological polar surface area (TPSA) is 74.8 Å². The Morgan fingerprint density at radius 3 is 2.53 bits per heavy atom. The maximum absolute atomic E-state index is 13.3. The van der Waals surface area contributed by atoms with Gasteiger partial charge >= 0.3 is 6.18 Å². The Bertz CT molecular complexity index is 977. The van der Waals surface area contributed by atoms with Crippen molar-refractivity contribution in [2.75, 3.05) is 37.1 Å². The van der Waals surface area contributed by atoms with Crippen LogP contribution in [0.3, 0.4) is 0 Å². The number of pyridine rings is 1. The van der Waals surface area contributed by atoms with E-state index < -0.39 is 23.6 Å². The fraction of sp³-hybridized carbons (Fsp3) is 0.250. The van der Waals surface area contributed by atoms with Crippen LogP contribution in [0.1, 0.15) is 5.56 Å². The lowest BCUT2D eigenvalue weighted by molar-refractivity contribution is -0.137. The smallest absolute Gasteiger partial charge is 0.388 e. The monoisotopic (exact) mass is 420 g/mol. The van der Waals surface area contributed by atoms with Gasteiger partial charge in [0, 0.05) is 33.1 Å². The van der Waals surface area contributed by atoms with E-state index in [1.54, 1.807) is 12.1 Å². The zero-order valence-corrected chi connectivity index (χ0v) is 16.2. The molecule has 0 radical (unpaired) electrons. The minimum atomic E-state index is -4.62. The predicted molar refractivity (Wildman–Crippen MR) is 104 cm³/mol. The average molecular weight is 420 g/mol. The fourth-order valence-corrected chi connectivity index (χ4v) is 2.95. The SMILES string of the molecule is COCCN/C=C1/C(=O)N(C)c2ccc(C(F)(F)F)cc2N(c2ccccn2)C1=O. The van der Waals surface area contributed by atoms with Crippen LogP contribution < -0.4 is 15.1 Å². The molecule has 0 spiro atoms. The van der Waals surface area contributed by atoms with Crippen molar-refractivity contribution >= 4 is 29.0 Å². The molecule has 0 bridgehead atoms. The van der Waals surface area contributed by atoms with E-state index in [1.165, 1.54) is 38.7 Å². The van der Waals surface area contributed by atoms with E-state index in [2.05, 4.69) is 10.3 Å². The highest BCUT2D eigenvalue weighted by Gasteiger charge is 2.38. The van der Waals surface area contributed by atoms with Gasteiger partial charge in [-0.25, -0.2) is 4.98 Å². The van der Waals surface area contributed by atoms with E-state index in [0.717, 1.165) is 21.9 Å². The van der Waals surface area contributed by atoms with Crippen LogP contribution in [0, 0.1) is 0 Å². The van der Waals surface area contributed by atoms with Crippen LogP contribution in [-0.4, -0.2) is 44.1 Å². The molecule has 0 saturated carbocycles. The number of aromatic nitrogens is 1. The second-order valence-electron chi connectivity index (χ2n) is 6.40. The molecule has 2 amide bonds. The summed E-state index contributed by atoms with van der Waals surface area (Å²) in [5, 5.41) is 2.82. The summed E-state index contributed by atoms with van der Waals surface area (Å²) >= 11 is 0. The van der Waals surface area contributed by atoms with Gasteiger partial charge in [-0.3, -0.25) is 14.5 Å². The van der Waals surface area contributed by atoms with Gasteiger partial charge in [-0.2, -0.15) is 13.2 Å². The summed E-state index contributed by atoms with van der Waals surface area (Å²) < 4.78 is 44.9. The van der Waals surface area contributed by atoms with E-state index in [-0.39, 0.29) is 22.8 Å². The Kier molecular flexibility index (Phi) is 6.06. The number of hydrogen-bond donors (Lipinski definition) is 1. The number of hydrogen-bond acceptors (Lipinski definition) is 5. The quantitative estimate of drug-likeness (QED) is 0.458. The van der Waals surface area contributed by atoms with Crippen molar-refractivity contribution in [2.45, 2.75) is 6.18 Å². The normalized spacial score (nSPS) is 16.0. The number of ether oxygens (including phenoxy) is 1. The molecule has 158 valence electrons. The van der Waals surface area contributed by atoms with E-state index in [0.29, 0.717) is 13.2 Å². The number of rotatable bonds is 5. The number of nitrogens with one attached hydrogen (secondary N) is 1. The number of likely N-dealkylation sites (N-methyl/N-ethyl adjacent to an activating group) is 1. The Morgan fingerprint density at radius 2 is 1.90 bits per heavy atom. The fourth-order valence-electron chi connectivity index (χ4n) is 2.95. The number of carbonyl (C=O) groups excluding carboxylic acids is 2. The Hall–Kier alpha value is -3.40. The molecule has 1 N–H and O–H groups in total. The number of halogens is 3. The highest BCUT2D eigenvalue weighted by atomic mass is 19.4. The minimum Gasteiger partial charge on any atom is -0.388 e. The van der Waals surface area contributed by atoms with Gasteiger partial charge in [0.2, 0.25) is 0 Å². The Balaban J connectivity index is 2.19. The molecular weight excluding hydrogens is 401 g/mol. The second kappa shape index (κ2) is 8.54. The van der Waals surface area contributed by atoms with Crippen LogP contribution in [0.15, 0.2) is 54.4 Å². The molecule has 2 aromatic rings. The summed E-state index contributed by atoms with van der Waals surface area (Å²) in [5.74, 6) is -1.37. The molecule has 30 heavy (non-hydrogen) atoms.